The highest BCUT2D eigenvalue weighted by atomic mass is 16.3. The first kappa shape index (κ1) is 13.7. The molecule has 5 heteroatoms. The number of anilines is 1. The van der Waals surface area contributed by atoms with E-state index in [-0.39, 0.29) is 5.91 Å². The van der Waals surface area contributed by atoms with E-state index in [4.69, 9.17) is 0 Å². The Hall–Kier alpha value is -1.72. The lowest BCUT2D eigenvalue weighted by molar-refractivity contribution is -0.131. The number of aliphatic hydroxyl groups excluding tert-OH is 1. The molecule has 0 aromatic heterocycles. The second-order valence-electron chi connectivity index (χ2n) is 4.74. The number of rotatable bonds is 3. The van der Waals surface area contributed by atoms with Crippen LogP contribution in [0, 0.1) is 0 Å². The topological polar surface area (TPSA) is 69.6 Å². The van der Waals surface area contributed by atoms with Crippen LogP contribution in [-0.4, -0.2) is 30.1 Å². The largest absolute Gasteiger partial charge is 0.384 e. The molecule has 0 fully saturated rings. The number of imide groups is 1. The van der Waals surface area contributed by atoms with Gasteiger partial charge in [-0.25, -0.2) is 4.90 Å². The van der Waals surface area contributed by atoms with E-state index in [1.807, 2.05) is 19.2 Å². The van der Waals surface area contributed by atoms with Gasteiger partial charge in [0, 0.05) is 13.0 Å². The van der Waals surface area contributed by atoms with Gasteiger partial charge in [0.05, 0.1) is 5.69 Å². The Labute approximate surface area is 112 Å². The first-order chi connectivity index (χ1) is 9.04. The van der Waals surface area contributed by atoms with Crippen molar-refractivity contribution in [2.45, 2.75) is 32.4 Å². The maximum Gasteiger partial charge on any atom is 0.262 e. The van der Waals surface area contributed by atoms with Crippen molar-refractivity contribution < 1.29 is 14.7 Å². The summed E-state index contributed by atoms with van der Waals surface area (Å²) in [5.41, 5.74) is 2.68. The van der Waals surface area contributed by atoms with E-state index in [2.05, 4.69) is 5.32 Å². The van der Waals surface area contributed by atoms with Crippen molar-refractivity contribution in [3.63, 3.8) is 0 Å². The average Bonchev–Trinajstić information content (AvgIpc) is 2.38. The minimum atomic E-state index is -1.17. The predicted octanol–water partition coefficient (Wildman–Crippen LogP) is 0.593. The van der Waals surface area contributed by atoms with Crippen LogP contribution in [0.15, 0.2) is 18.2 Å². The number of amides is 2. The fraction of sp³-hybridized carbons (Fsp3) is 0.429. The van der Waals surface area contributed by atoms with Crippen molar-refractivity contribution in [2.75, 3.05) is 11.9 Å². The standard InChI is InChI=1S/C14H18N2O3/c1-9(17)14(19)16-12-5-3-10(8-15-2)7-11(12)4-6-13(16)18/h3,5,7,9,15,17H,4,6,8H2,1-2H3. The van der Waals surface area contributed by atoms with Gasteiger partial charge < -0.3 is 10.4 Å². The highest BCUT2D eigenvalue weighted by Gasteiger charge is 2.31. The minimum absolute atomic E-state index is 0.250. The molecule has 2 amide bonds. The Morgan fingerprint density at radius 1 is 1.47 bits per heavy atom. The number of fused-ring (bicyclic) bond motifs is 1. The summed E-state index contributed by atoms with van der Waals surface area (Å²) in [5.74, 6) is -0.813. The van der Waals surface area contributed by atoms with Gasteiger partial charge in [-0.05, 0) is 37.6 Å². The molecule has 0 saturated carbocycles. The van der Waals surface area contributed by atoms with Crippen LogP contribution < -0.4 is 10.2 Å². The van der Waals surface area contributed by atoms with Crippen molar-refractivity contribution in [3.05, 3.63) is 29.3 Å². The molecule has 1 aliphatic heterocycles. The molecule has 0 spiro atoms. The van der Waals surface area contributed by atoms with E-state index < -0.39 is 12.0 Å². The number of nitrogens with one attached hydrogen (secondary N) is 1. The first-order valence-electron chi connectivity index (χ1n) is 6.36. The molecule has 1 atom stereocenters. The molecule has 1 heterocycles. The van der Waals surface area contributed by atoms with E-state index in [0.29, 0.717) is 18.5 Å². The average molecular weight is 262 g/mol. The van der Waals surface area contributed by atoms with E-state index in [1.165, 1.54) is 6.92 Å². The molecule has 102 valence electrons. The number of nitrogens with zero attached hydrogens (tertiary/aromatic N) is 1. The second kappa shape index (κ2) is 5.50. The molecular formula is C14H18N2O3. The number of hydrogen-bond acceptors (Lipinski definition) is 4. The molecule has 19 heavy (non-hydrogen) atoms. The quantitative estimate of drug-likeness (QED) is 0.836. The molecule has 0 bridgehead atoms. The smallest absolute Gasteiger partial charge is 0.262 e. The van der Waals surface area contributed by atoms with Gasteiger partial charge >= 0.3 is 0 Å². The Morgan fingerprint density at radius 3 is 2.84 bits per heavy atom. The number of aliphatic hydroxyl groups is 1. The third-order valence-electron chi connectivity index (χ3n) is 3.20. The summed E-state index contributed by atoms with van der Waals surface area (Å²) in [6.45, 7) is 2.12. The number of hydrogen-bond donors (Lipinski definition) is 2. The van der Waals surface area contributed by atoms with Crippen molar-refractivity contribution in [1.82, 2.24) is 5.32 Å². The summed E-state index contributed by atoms with van der Waals surface area (Å²) in [6.07, 6.45) is -0.240. The van der Waals surface area contributed by atoms with Gasteiger partial charge in [0.1, 0.15) is 6.10 Å². The van der Waals surface area contributed by atoms with Crippen LogP contribution in [-0.2, 0) is 22.6 Å². The summed E-state index contributed by atoms with van der Waals surface area (Å²) in [4.78, 5) is 24.9. The summed E-state index contributed by atoms with van der Waals surface area (Å²) in [5, 5.41) is 12.5. The van der Waals surface area contributed by atoms with Crippen LogP contribution in [0.5, 0.6) is 0 Å². The van der Waals surface area contributed by atoms with Crippen molar-refractivity contribution in [1.29, 1.82) is 0 Å². The van der Waals surface area contributed by atoms with Crippen LogP contribution in [0.3, 0.4) is 0 Å². The van der Waals surface area contributed by atoms with Crippen molar-refractivity contribution >= 4 is 17.5 Å². The molecule has 2 N–H and O–H groups in total. The van der Waals surface area contributed by atoms with Gasteiger partial charge in [-0.15, -0.1) is 0 Å². The zero-order valence-electron chi connectivity index (χ0n) is 11.1. The molecule has 1 aromatic rings. The van der Waals surface area contributed by atoms with Gasteiger partial charge in [-0.2, -0.15) is 0 Å². The third kappa shape index (κ3) is 2.67. The number of benzene rings is 1. The Morgan fingerprint density at radius 2 is 2.21 bits per heavy atom. The third-order valence-corrected chi connectivity index (χ3v) is 3.20. The SMILES string of the molecule is CNCc1ccc2c(c1)CCC(=O)N2C(=O)C(C)O. The summed E-state index contributed by atoms with van der Waals surface area (Å²) >= 11 is 0. The normalized spacial score (nSPS) is 16.2. The monoisotopic (exact) mass is 262 g/mol. The second-order valence-corrected chi connectivity index (χ2v) is 4.74. The predicted molar refractivity (Wildman–Crippen MR) is 71.7 cm³/mol. The van der Waals surface area contributed by atoms with Crippen LogP contribution >= 0.6 is 0 Å². The molecule has 0 radical (unpaired) electrons. The van der Waals surface area contributed by atoms with Gasteiger partial charge in [0.15, 0.2) is 0 Å². The zero-order valence-corrected chi connectivity index (χ0v) is 11.1. The Kier molecular flexibility index (Phi) is 3.97. The number of carbonyl (C=O) groups is 2. The molecule has 2 rings (SSSR count). The molecule has 0 aliphatic carbocycles. The van der Waals surface area contributed by atoms with E-state index >= 15 is 0 Å². The molecule has 5 nitrogen and oxygen atoms in total. The lowest BCUT2D eigenvalue weighted by atomic mass is 9.98. The zero-order chi connectivity index (χ0) is 14.0. The molecule has 1 aromatic carbocycles. The van der Waals surface area contributed by atoms with Crippen molar-refractivity contribution in [2.24, 2.45) is 0 Å². The van der Waals surface area contributed by atoms with Gasteiger partial charge in [-0.3, -0.25) is 9.59 Å². The highest BCUT2D eigenvalue weighted by Crippen LogP contribution is 2.29. The van der Waals surface area contributed by atoms with Crippen LogP contribution in [0.2, 0.25) is 0 Å². The lowest BCUT2D eigenvalue weighted by Crippen LogP contribution is -2.44. The highest BCUT2D eigenvalue weighted by molar-refractivity contribution is 6.17. The summed E-state index contributed by atoms with van der Waals surface area (Å²) in [7, 11) is 1.87. The van der Waals surface area contributed by atoms with Gasteiger partial charge in [-0.1, -0.05) is 12.1 Å². The Bertz CT molecular complexity index is 511. The number of aryl methyl sites for hydroxylation is 1. The van der Waals surface area contributed by atoms with Crippen molar-refractivity contribution in [3.8, 4) is 0 Å². The fourth-order valence-electron chi connectivity index (χ4n) is 2.29. The number of carbonyl (C=O) groups excluding carboxylic acids is 2. The molecular weight excluding hydrogens is 244 g/mol. The van der Waals surface area contributed by atoms with Crippen LogP contribution in [0.4, 0.5) is 5.69 Å². The van der Waals surface area contributed by atoms with Gasteiger partial charge in [0.2, 0.25) is 5.91 Å². The van der Waals surface area contributed by atoms with E-state index in [9.17, 15) is 14.7 Å². The summed E-state index contributed by atoms with van der Waals surface area (Å²) < 4.78 is 0. The lowest BCUT2D eigenvalue weighted by Gasteiger charge is -2.29. The molecule has 1 unspecified atom stereocenters. The van der Waals surface area contributed by atoms with Gasteiger partial charge in [0.25, 0.3) is 5.91 Å². The fourth-order valence-corrected chi connectivity index (χ4v) is 2.29. The first-order valence-corrected chi connectivity index (χ1v) is 6.36. The Balaban J connectivity index is 2.39. The maximum atomic E-state index is 11.9. The minimum Gasteiger partial charge on any atom is -0.384 e. The summed E-state index contributed by atoms with van der Waals surface area (Å²) in [6, 6.07) is 5.66. The van der Waals surface area contributed by atoms with Crippen LogP contribution in [0.25, 0.3) is 0 Å². The van der Waals surface area contributed by atoms with E-state index in [0.717, 1.165) is 22.6 Å². The maximum absolute atomic E-state index is 11.9. The van der Waals surface area contributed by atoms with Crippen LogP contribution in [0.1, 0.15) is 24.5 Å². The van der Waals surface area contributed by atoms with E-state index in [1.54, 1.807) is 6.07 Å². The molecule has 0 saturated heterocycles. The molecule has 1 aliphatic rings.